The highest BCUT2D eigenvalue weighted by molar-refractivity contribution is 7.88. The van der Waals surface area contributed by atoms with Crippen LogP contribution < -0.4 is 10.2 Å². The molecule has 0 unspecified atom stereocenters. The lowest BCUT2D eigenvalue weighted by Crippen LogP contribution is -2.62. The van der Waals surface area contributed by atoms with Gasteiger partial charge in [-0.25, -0.2) is 18.6 Å². The van der Waals surface area contributed by atoms with Crippen LogP contribution in [0.4, 0.5) is 0 Å². The number of benzene rings is 1. The van der Waals surface area contributed by atoms with Crippen LogP contribution in [-0.2, 0) is 26.3 Å². The SMILES string of the molecule is C#C/C=C(Cl)\C=C/C[C@H]1[C@H](C(=O)NOCc2ncon2)c2ccccc2C(=O)N1[C@H]1CCCC[C@@H]1NS(C)(=O)=O. The average Bonchev–Trinajstić information content (AvgIpc) is 3.42. The predicted molar refractivity (Wildman–Crippen MR) is 147 cm³/mol. The van der Waals surface area contributed by atoms with Gasteiger partial charge < -0.3 is 9.42 Å². The summed E-state index contributed by atoms with van der Waals surface area (Å²) in [7, 11) is -3.55. The number of hydrogen-bond donors (Lipinski definition) is 2. The molecule has 1 aromatic heterocycles. The number of halogens is 1. The van der Waals surface area contributed by atoms with Crippen molar-refractivity contribution >= 4 is 33.4 Å². The van der Waals surface area contributed by atoms with Gasteiger partial charge in [-0.05, 0) is 37.0 Å². The number of rotatable bonds is 10. The molecule has 13 heteroatoms. The summed E-state index contributed by atoms with van der Waals surface area (Å²) in [5.74, 6) is 0.989. The van der Waals surface area contributed by atoms with Gasteiger partial charge in [-0.2, -0.15) is 4.98 Å². The highest BCUT2D eigenvalue weighted by atomic mass is 35.5. The molecule has 1 aliphatic carbocycles. The number of terminal acetylenes is 1. The highest BCUT2D eigenvalue weighted by Crippen LogP contribution is 2.39. The third kappa shape index (κ3) is 7.17. The molecular weight excluding hydrogens is 558 g/mol. The Bertz CT molecular complexity index is 1420. The maximum Gasteiger partial charge on any atom is 0.254 e. The fraction of sp³-hybridized carbons (Fsp3) is 0.407. The first-order valence-electron chi connectivity index (χ1n) is 12.7. The number of hydrogen-bond acceptors (Lipinski definition) is 8. The molecule has 212 valence electrons. The maximum absolute atomic E-state index is 14.0. The monoisotopic (exact) mass is 587 g/mol. The smallest absolute Gasteiger partial charge is 0.254 e. The summed E-state index contributed by atoms with van der Waals surface area (Å²) in [4.78, 5) is 38.7. The summed E-state index contributed by atoms with van der Waals surface area (Å²) in [6.07, 6.45) is 15.3. The van der Waals surface area contributed by atoms with Gasteiger partial charge in [0.2, 0.25) is 16.4 Å². The van der Waals surface area contributed by atoms with Crippen molar-refractivity contribution in [3.8, 4) is 12.3 Å². The third-order valence-electron chi connectivity index (χ3n) is 6.89. The van der Waals surface area contributed by atoms with Crippen LogP contribution in [-0.4, -0.2) is 59.7 Å². The molecule has 2 N–H and O–H groups in total. The maximum atomic E-state index is 14.0. The number of carbonyl (C=O) groups excluding carboxylic acids is 2. The van der Waals surface area contributed by atoms with Gasteiger partial charge in [-0.1, -0.05) is 59.8 Å². The van der Waals surface area contributed by atoms with Crippen molar-refractivity contribution in [1.82, 2.24) is 25.2 Å². The Labute approximate surface area is 238 Å². The van der Waals surface area contributed by atoms with Gasteiger partial charge >= 0.3 is 0 Å². The molecule has 0 radical (unpaired) electrons. The third-order valence-corrected chi connectivity index (χ3v) is 7.86. The molecule has 0 bridgehead atoms. The van der Waals surface area contributed by atoms with E-state index in [1.54, 1.807) is 41.3 Å². The van der Waals surface area contributed by atoms with Crippen LogP contribution in [0.2, 0.25) is 0 Å². The quantitative estimate of drug-likeness (QED) is 0.245. The van der Waals surface area contributed by atoms with E-state index in [1.807, 2.05) is 0 Å². The second kappa shape index (κ2) is 13.2. The first kappa shape index (κ1) is 29.5. The number of aromatic nitrogens is 2. The van der Waals surface area contributed by atoms with Gasteiger partial charge in [0.05, 0.1) is 18.2 Å². The minimum absolute atomic E-state index is 0.126. The summed E-state index contributed by atoms with van der Waals surface area (Å²) in [6.45, 7) is -0.126. The van der Waals surface area contributed by atoms with E-state index in [9.17, 15) is 18.0 Å². The molecule has 2 aliphatic rings. The van der Waals surface area contributed by atoms with Crippen molar-refractivity contribution in [3.05, 3.63) is 70.9 Å². The largest absolute Gasteiger partial charge is 0.343 e. The summed E-state index contributed by atoms with van der Waals surface area (Å²) < 4.78 is 31.9. The van der Waals surface area contributed by atoms with E-state index in [-0.39, 0.29) is 24.8 Å². The number of hydroxylamine groups is 1. The molecule has 1 fully saturated rings. The molecule has 2 aromatic rings. The summed E-state index contributed by atoms with van der Waals surface area (Å²) in [6, 6.07) is 5.23. The number of nitrogens with one attached hydrogen (secondary N) is 2. The molecule has 4 rings (SSSR count). The zero-order valence-electron chi connectivity index (χ0n) is 21.8. The molecular formula is C27H30ClN5O6S. The van der Waals surface area contributed by atoms with Gasteiger partial charge in [-0.3, -0.25) is 14.4 Å². The van der Waals surface area contributed by atoms with Crippen LogP contribution in [0.25, 0.3) is 0 Å². The van der Waals surface area contributed by atoms with E-state index < -0.39 is 40.0 Å². The predicted octanol–water partition coefficient (Wildman–Crippen LogP) is 2.79. The first-order valence-corrected chi connectivity index (χ1v) is 15.0. The van der Waals surface area contributed by atoms with E-state index in [4.69, 9.17) is 22.9 Å². The zero-order chi connectivity index (χ0) is 28.7. The second-order valence-corrected chi connectivity index (χ2v) is 11.8. The van der Waals surface area contributed by atoms with E-state index in [0.717, 1.165) is 25.5 Å². The topological polar surface area (TPSA) is 144 Å². The lowest BCUT2D eigenvalue weighted by atomic mass is 9.78. The standard InChI is InChI=1S/C27H30ClN5O6S/c1-3-9-18(28)10-8-15-23-25(26(34)31-38-16-24-29-17-39-30-24)19-11-4-5-12-20(19)27(35)33(23)22-14-7-6-13-21(22)32-40(2,36)37/h1,4-5,8-12,17,21-23,25,32H,6-7,13-16H2,2H3,(H,31,34)/b10-8-,18-9+/t21-,22-,23-,25+/m0/s1. The van der Waals surface area contributed by atoms with E-state index in [2.05, 4.69) is 30.8 Å². The lowest BCUT2D eigenvalue weighted by Gasteiger charge is -2.48. The van der Waals surface area contributed by atoms with Crippen molar-refractivity contribution in [2.45, 2.75) is 62.8 Å². The van der Waals surface area contributed by atoms with Gasteiger partial charge in [0, 0.05) is 28.8 Å². The van der Waals surface area contributed by atoms with Gasteiger partial charge in [0.25, 0.3) is 11.8 Å². The van der Waals surface area contributed by atoms with Crippen molar-refractivity contribution in [2.75, 3.05) is 6.26 Å². The average molecular weight is 588 g/mol. The number of sulfonamides is 1. The van der Waals surface area contributed by atoms with Gasteiger partial charge in [0.1, 0.15) is 6.61 Å². The van der Waals surface area contributed by atoms with Gasteiger partial charge in [-0.15, -0.1) is 6.42 Å². The number of fused-ring (bicyclic) bond motifs is 1. The highest BCUT2D eigenvalue weighted by Gasteiger charge is 2.47. The van der Waals surface area contributed by atoms with Crippen LogP contribution in [0.5, 0.6) is 0 Å². The minimum Gasteiger partial charge on any atom is -0.343 e. The molecule has 1 saturated carbocycles. The first-order chi connectivity index (χ1) is 19.2. The number of amides is 2. The summed E-state index contributed by atoms with van der Waals surface area (Å²) in [5.41, 5.74) is 3.38. The Morgan fingerprint density at radius 3 is 2.83 bits per heavy atom. The van der Waals surface area contributed by atoms with Crippen molar-refractivity contribution in [2.24, 2.45) is 0 Å². The van der Waals surface area contributed by atoms with Crippen LogP contribution in [0.3, 0.4) is 0 Å². The Morgan fingerprint density at radius 2 is 2.10 bits per heavy atom. The Kier molecular flexibility index (Phi) is 9.76. The van der Waals surface area contributed by atoms with Crippen molar-refractivity contribution < 1.29 is 27.4 Å². The normalized spacial score (nSPS) is 23.6. The number of allylic oxidation sites excluding steroid dienone is 3. The lowest BCUT2D eigenvalue weighted by molar-refractivity contribution is -0.138. The van der Waals surface area contributed by atoms with Crippen molar-refractivity contribution in [3.63, 3.8) is 0 Å². The molecule has 1 aromatic carbocycles. The molecule has 11 nitrogen and oxygen atoms in total. The number of nitrogens with zero attached hydrogens (tertiary/aromatic N) is 3. The second-order valence-electron chi connectivity index (χ2n) is 9.63. The molecule has 1 aliphatic heterocycles. The van der Waals surface area contributed by atoms with E-state index in [0.29, 0.717) is 29.0 Å². The Hall–Kier alpha value is -3.50. The van der Waals surface area contributed by atoms with Crippen LogP contribution in [0, 0.1) is 12.3 Å². The van der Waals surface area contributed by atoms with Crippen molar-refractivity contribution in [1.29, 1.82) is 0 Å². The molecule has 4 atom stereocenters. The summed E-state index contributed by atoms with van der Waals surface area (Å²) in [5, 5.41) is 3.97. The molecule has 0 saturated heterocycles. The zero-order valence-corrected chi connectivity index (χ0v) is 23.4. The van der Waals surface area contributed by atoms with E-state index in [1.165, 1.54) is 6.08 Å². The molecule has 40 heavy (non-hydrogen) atoms. The fourth-order valence-electron chi connectivity index (χ4n) is 5.38. The van der Waals surface area contributed by atoms with Gasteiger partial charge in [0.15, 0.2) is 5.82 Å². The summed E-state index contributed by atoms with van der Waals surface area (Å²) >= 11 is 6.16. The Morgan fingerprint density at radius 1 is 1.32 bits per heavy atom. The molecule has 2 heterocycles. The number of carbonyl (C=O) groups is 2. The van der Waals surface area contributed by atoms with Crippen LogP contribution >= 0.6 is 11.6 Å². The molecule has 2 amide bonds. The van der Waals surface area contributed by atoms with Crippen LogP contribution in [0.15, 0.2) is 58.4 Å². The van der Waals surface area contributed by atoms with E-state index >= 15 is 0 Å². The fourth-order valence-corrected chi connectivity index (χ4v) is 6.36. The van der Waals surface area contributed by atoms with Crippen LogP contribution in [0.1, 0.15) is 59.8 Å². The minimum atomic E-state index is -3.55. The molecule has 0 spiro atoms. The Balaban J connectivity index is 1.73.